The first-order chi connectivity index (χ1) is 11.5. The maximum atomic E-state index is 14.2. The fraction of sp³-hybridized carbons (Fsp3) is 0.357. The zero-order valence-electron chi connectivity index (χ0n) is 12.5. The van der Waals surface area contributed by atoms with E-state index in [4.69, 9.17) is 4.74 Å². The first-order valence-electron chi connectivity index (χ1n) is 6.84. The van der Waals surface area contributed by atoms with Crippen LogP contribution < -0.4 is 10.4 Å². The molecule has 0 aliphatic heterocycles. The average molecular weight is 513 g/mol. The molecule has 0 amide bonds. The predicted molar refractivity (Wildman–Crippen MR) is 95.8 cm³/mol. The summed E-state index contributed by atoms with van der Waals surface area (Å²) in [6.45, 7) is 1.22. The first-order valence-corrected chi connectivity index (χ1v) is 8.71. The predicted octanol–water partition coefficient (Wildman–Crippen LogP) is 2.85. The van der Waals surface area contributed by atoms with E-state index in [1.165, 1.54) is 12.1 Å². The average Bonchev–Trinajstić information content (AvgIpc) is 2.89. The molecule has 0 saturated heterocycles. The molecule has 6 nitrogen and oxygen atoms in total. The molecular weight excluding hydrogens is 501 g/mol. The number of tetrazole rings is 1. The lowest BCUT2D eigenvalue weighted by molar-refractivity contribution is 0.276. The largest absolute Gasteiger partial charge is 0.477 e. The van der Waals surface area contributed by atoms with Gasteiger partial charge in [0.1, 0.15) is 11.4 Å². The topological polar surface area (TPSA) is 61.9 Å². The van der Waals surface area contributed by atoms with Gasteiger partial charge in [-0.05, 0) is 55.6 Å². The molecular formula is C14H12BrF2IN4O2. The summed E-state index contributed by atoms with van der Waals surface area (Å²) in [5, 5.41) is 7.26. The van der Waals surface area contributed by atoms with Gasteiger partial charge < -0.3 is 4.74 Å². The van der Waals surface area contributed by atoms with Crippen LogP contribution in [-0.2, 0) is 6.54 Å². The smallest absolute Gasteiger partial charge is 0.368 e. The van der Waals surface area contributed by atoms with E-state index in [2.05, 4.69) is 36.2 Å². The van der Waals surface area contributed by atoms with Crippen LogP contribution in [-0.4, -0.2) is 32.6 Å². The van der Waals surface area contributed by atoms with Crippen molar-refractivity contribution in [1.29, 1.82) is 0 Å². The van der Waals surface area contributed by atoms with E-state index in [1.54, 1.807) is 6.92 Å². The van der Waals surface area contributed by atoms with Crippen molar-refractivity contribution in [3.8, 4) is 21.3 Å². The Morgan fingerprint density at radius 2 is 2.21 bits per heavy atom. The Morgan fingerprint density at radius 1 is 1.46 bits per heavy atom. The van der Waals surface area contributed by atoms with E-state index < -0.39 is 24.3 Å². The molecule has 0 spiro atoms. The Kier molecular flexibility index (Phi) is 6.73. The number of alkyl halides is 1. The van der Waals surface area contributed by atoms with Crippen molar-refractivity contribution >= 4 is 38.5 Å². The number of ether oxygens (including phenoxy) is 1. The van der Waals surface area contributed by atoms with Gasteiger partial charge in [0.05, 0.1) is 17.7 Å². The second kappa shape index (κ2) is 8.57. The van der Waals surface area contributed by atoms with Crippen LogP contribution in [0.1, 0.15) is 13.3 Å². The van der Waals surface area contributed by atoms with Crippen LogP contribution in [0.15, 0.2) is 21.4 Å². The first kappa shape index (κ1) is 18.9. The lowest BCUT2D eigenvalue weighted by Gasteiger charge is -2.12. The summed E-state index contributed by atoms with van der Waals surface area (Å²) < 4.78 is 36.9. The molecule has 0 fully saturated rings. The molecule has 2 aromatic rings. The molecule has 0 radical (unpaired) electrons. The number of hydrogen-bond donors (Lipinski definition) is 0. The number of aryl methyl sites for hydroxylation is 1. The maximum Gasteiger partial charge on any atom is 0.368 e. The fourth-order valence-corrected chi connectivity index (χ4v) is 2.69. The van der Waals surface area contributed by atoms with Crippen molar-refractivity contribution in [2.75, 3.05) is 6.67 Å². The van der Waals surface area contributed by atoms with E-state index >= 15 is 0 Å². The Labute approximate surface area is 158 Å². The van der Waals surface area contributed by atoms with Crippen LogP contribution in [0.5, 0.6) is 5.75 Å². The molecule has 0 bridgehead atoms. The summed E-state index contributed by atoms with van der Waals surface area (Å²) in [4.78, 5) is 12.2. The number of aromatic nitrogens is 4. The zero-order valence-corrected chi connectivity index (χ0v) is 16.2. The molecule has 2 rings (SSSR count). The Bertz CT molecular complexity index is 844. The monoisotopic (exact) mass is 512 g/mol. The minimum Gasteiger partial charge on any atom is -0.477 e. The van der Waals surface area contributed by atoms with Gasteiger partial charge in [-0.2, -0.15) is 9.36 Å². The summed E-state index contributed by atoms with van der Waals surface area (Å²) in [6.07, 6.45) is -0.295. The van der Waals surface area contributed by atoms with Crippen LogP contribution in [0, 0.1) is 15.7 Å². The van der Waals surface area contributed by atoms with Crippen molar-refractivity contribution in [2.45, 2.75) is 26.0 Å². The highest BCUT2D eigenvalue weighted by atomic mass is 127. The van der Waals surface area contributed by atoms with E-state index in [1.807, 2.05) is 22.6 Å². The maximum absolute atomic E-state index is 14.2. The normalized spacial score (nSPS) is 11.7. The number of rotatable bonds is 6. The van der Waals surface area contributed by atoms with E-state index in [9.17, 15) is 13.6 Å². The second-order valence-electron chi connectivity index (χ2n) is 4.67. The van der Waals surface area contributed by atoms with Crippen LogP contribution in [0.4, 0.5) is 8.78 Å². The van der Waals surface area contributed by atoms with E-state index in [-0.39, 0.29) is 18.7 Å². The summed E-state index contributed by atoms with van der Waals surface area (Å²) >= 11 is 5.09. The Morgan fingerprint density at radius 3 is 2.88 bits per heavy atom. The van der Waals surface area contributed by atoms with Crippen molar-refractivity contribution in [3.63, 3.8) is 0 Å². The standard InChI is InChI=1S/C14H12BrF2IN4O2/c1-9(3-5-18)24-13-8-12(11(17)7-10(13)15)22-14(23)21(19-20-22)6-2-4-16/h7-9H,2,4,6H2,1H3. The number of nitrogens with zero attached hydrogens (tertiary/aromatic N) is 4. The third kappa shape index (κ3) is 4.32. The third-order valence-electron chi connectivity index (χ3n) is 2.93. The minimum absolute atomic E-state index is 0.0686. The lowest BCUT2D eigenvalue weighted by atomic mass is 10.3. The third-order valence-corrected chi connectivity index (χ3v) is 3.87. The van der Waals surface area contributed by atoms with Crippen LogP contribution in [0.25, 0.3) is 5.69 Å². The molecule has 24 heavy (non-hydrogen) atoms. The number of hydrogen-bond acceptors (Lipinski definition) is 4. The molecule has 1 atom stereocenters. The summed E-state index contributed by atoms with van der Waals surface area (Å²) in [5.74, 6) is 2.43. The van der Waals surface area contributed by atoms with E-state index in [0.29, 0.717) is 10.2 Å². The molecule has 0 aliphatic carbocycles. The number of halogens is 4. The molecule has 10 heteroatoms. The lowest BCUT2D eigenvalue weighted by Crippen LogP contribution is -2.25. The van der Waals surface area contributed by atoms with E-state index in [0.717, 1.165) is 9.36 Å². The highest BCUT2D eigenvalue weighted by Gasteiger charge is 2.17. The summed E-state index contributed by atoms with van der Waals surface area (Å²) in [7, 11) is 0. The van der Waals surface area contributed by atoms with Crippen molar-refractivity contribution < 1.29 is 13.5 Å². The van der Waals surface area contributed by atoms with Crippen LogP contribution in [0.3, 0.4) is 0 Å². The van der Waals surface area contributed by atoms with Crippen molar-refractivity contribution in [2.24, 2.45) is 0 Å². The van der Waals surface area contributed by atoms with Gasteiger partial charge in [-0.25, -0.2) is 9.18 Å². The van der Waals surface area contributed by atoms with Gasteiger partial charge in [0.25, 0.3) is 0 Å². The van der Waals surface area contributed by atoms with Crippen molar-refractivity contribution in [3.05, 3.63) is 32.9 Å². The Balaban J connectivity index is 2.41. The van der Waals surface area contributed by atoms with Crippen LogP contribution >= 0.6 is 38.5 Å². The second-order valence-corrected chi connectivity index (χ2v) is 6.07. The van der Waals surface area contributed by atoms with Crippen molar-refractivity contribution in [1.82, 2.24) is 19.8 Å². The van der Waals surface area contributed by atoms with Gasteiger partial charge in [-0.15, -0.1) is 0 Å². The number of benzene rings is 1. The van der Waals surface area contributed by atoms with Gasteiger partial charge in [0.15, 0.2) is 11.9 Å². The Hall–Kier alpha value is -1.48. The van der Waals surface area contributed by atoms with Crippen LogP contribution in [0.2, 0.25) is 0 Å². The van der Waals surface area contributed by atoms with Gasteiger partial charge in [0.2, 0.25) is 0 Å². The SMILES string of the molecule is CC(C#CI)Oc1cc(-n2nnn(CCCF)c2=O)c(F)cc1Br. The highest BCUT2D eigenvalue weighted by molar-refractivity contribution is 14.1. The van der Waals surface area contributed by atoms with Gasteiger partial charge >= 0.3 is 5.69 Å². The summed E-state index contributed by atoms with van der Waals surface area (Å²) in [5.41, 5.74) is -0.768. The molecule has 1 unspecified atom stereocenters. The fourth-order valence-electron chi connectivity index (χ4n) is 1.84. The van der Waals surface area contributed by atoms with Gasteiger partial charge in [0, 0.05) is 28.7 Å². The molecule has 128 valence electrons. The minimum atomic E-state index is -0.679. The zero-order chi connectivity index (χ0) is 17.7. The molecule has 0 saturated carbocycles. The quantitative estimate of drug-likeness (QED) is 0.441. The van der Waals surface area contributed by atoms with Gasteiger partial charge in [-0.3, -0.25) is 4.39 Å². The summed E-state index contributed by atoms with van der Waals surface area (Å²) in [6, 6.07) is 2.50. The highest BCUT2D eigenvalue weighted by Crippen LogP contribution is 2.30. The molecule has 1 heterocycles. The molecule has 0 N–H and O–H groups in total. The van der Waals surface area contributed by atoms with Gasteiger partial charge in [-0.1, -0.05) is 0 Å². The molecule has 1 aromatic heterocycles. The molecule has 1 aromatic carbocycles. The molecule has 0 aliphatic rings.